The van der Waals surface area contributed by atoms with E-state index >= 15 is 0 Å². The van der Waals surface area contributed by atoms with Crippen LogP contribution in [0.4, 0.5) is 0 Å². The Kier molecular flexibility index (Phi) is 6.01. The highest BCUT2D eigenvalue weighted by Crippen LogP contribution is 2.20. The molecule has 4 nitrogen and oxygen atoms in total. The van der Waals surface area contributed by atoms with Crippen LogP contribution in [-0.2, 0) is 21.2 Å². The van der Waals surface area contributed by atoms with Crippen molar-refractivity contribution in [2.75, 3.05) is 0 Å². The minimum absolute atomic E-state index is 0.176. The van der Waals surface area contributed by atoms with Crippen LogP contribution >= 0.6 is 0 Å². The summed E-state index contributed by atoms with van der Waals surface area (Å²) in [6.07, 6.45) is 0. The van der Waals surface area contributed by atoms with Crippen LogP contribution in [-0.4, -0.2) is 19.6 Å². The molecule has 0 aliphatic carbocycles. The molecular formula is C20H25NO3S. The molecule has 2 aromatic carbocycles. The first-order chi connectivity index (χ1) is 11.7. The smallest absolute Gasteiger partial charge is 0.238 e. The molecule has 1 atom stereocenters. The van der Waals surface area contributed by atoms with Gasteiger partial charge in [-0.15, -0.1) is 0 Å². The summed E-state index contributed by atoms with van der Waals surface area (Å²) in [5.74, 6) is -0.166. The number of rotatable bonds is 6. The van der Waals surface area contributed by atoms with Crippen LogP contribution < -0.4 is 5.32 Å². The maximum atomic E-state index is 12.6. The quantitative estimate of drug-likeness (QED) is 0.857. The summed E-state index contributed by atoms with van der Waals surface area (Å²) in [5.41, 5.74) is 3.14. The SMILES string of the molecule is Cc1ccc(CNC(=O)C(C)S(=O)(=O)c2ccc(C(C)C)cc2)cc1. The number of hydrogen-bond donors (Lipinski definition) is 1. The molecule has 25 heavy (non-hydrogen) atoms. The second kappa shape index (κ2) is 7.83. The zero-order valence-electron chi connectivity index (χ0n) is 15.1. The van der Waals surface area contributed by atoms with Gasteiger partial charge in [0.2, 0.25) is 5.91 Å². The number of aryl methyl sites for hydroxylation is 1. The Morgan fingerprint density at radius 3 is 2.04 bits per heavy atom. The van der Waals surface area contributed by atoms with Crippen molar-refractivity contribution in [1.29, 1.82) is 0 Å². The fraction of sp³-hybridized carbons (Fsp3) is 0.350. The third kappa shape index (κ3) is 4.69. The molecule has 0 bridgehead atoms. The Hall–Kier alpha value is -2.14. The number of nitrogens with one attached hydrogen (secondary N) is 1. The first-order valence-corrected chi connectivity index (χ1v) is 9.93. The van der Waals surface area contributed by atoms with E-state index in [0.29, 0.717) is 12.5 Å². The monoisotopic (exact) mass is 359 g/mol. The molecule has 0 aliphatic rings. The van der Waals surface area contributed by atoms with Crippen molar-refractivity contribution in [1.82, 2.24) is 5.32 Å². The van der Waals surface area contributed by atoms with Gasteiger partial charge in [0.25, 0.3) is 0 Å². The van der Waals surface area contributed by atoms with Crippen molar-refractivity contribution in [3.63, 3.8) is 0 Å². The van der Waals surface area contributed by atoms with Crippen molar-refractivity contribution in [2.45, 2.75) is 50.3 Å². The molecule has 2 aromatic rings. The van der Waals surface area contributed by atoms with E-state index < -0.39 is 21.0 Å². The van der Waals surface area contributed by atoms with Gasteiger partial charge in [-0.3, -0.25) is 4.79 Å². The van der Waals surface area contributed by atoms with E-state index in [1.165, 1.54) is 6.92 Å². The van der Waals surface area contributed by atoms with Crippen molar-refractivity contribution in [2.24, 2.45) is 0 Å². The molecule has 0 heterocycles. The lowest BCUT2D eigenvalue weighted by molar-refractivity contribution is -0.120. The molecule has 0 saturated carbocycles. The first-order valence-electron chi connectivity index (χ1n) is 8.39. The Morgan fingerprint density at radius 2 is 1.52 bits per heavy atom. The van der Waals surface area contributed by atoms with Gasteiger partial charge in [0.1, 0.15) is 5.25 Å². The van der Waals surface area contributed by atoms with Crippen molar-refractivity contribution in [3.8, 4) is 0 Å². The summed E-state index contributed by atoms with van der Waals surface area (Å²) in [6, 6.07) is 14.5. The second-order valence-corrected chi connectivity index (χ2v) is 8.88. The van der Waals surface area contributed by atoms with Crippen LogP contribution in [0.5, 0.6) is 0 Å². The zero-order valence-corrected chi connectivity index (χ0v) is 15.9. The van der Waals surface area contributed by atoms with Gasteiger partial charge in [-0.25, -0.2) is 8.42 Å². The summed E-state index contributed by atoms with van der Waals surface area (Å²) in [4.78, 5) is 12.5. The summed E-state index contributed by atoms with van der Waals surface area (Å²) >= 11 is 0. The highest BCUT2D eigenvalue weighted by molar-refractivity contribution is 7.92. The van der Waals surface area contributed by atoms with Crippen molar-refractivity contribution < 1.29 is 13.2 Å². The van der Waals surface area contributed by atoms with Gasteiger partial charge in [0, 0.05) is 6.54 Å². The normalized spacial score (nSPS) is 12.8. The van der Waals surface area contributed by atoms with Gasteiger partial charge in [-0.2, -0.15) is 0 Å². The maximum Gasteiger partial charge on any atom is 0.238 e. The average Bonchev–Trinajstić information content (AvgIpc) is 2.60. The Balaban J connectivity index is 2.07. The van der Waals surface area contributed by atoms with Crippen LogP contribution in [0.3, 0.4) is 0 Å². The topological polar surface area (TPSA) is 63.2 Å². The molecule has 0 spiro atoms. The lowest BCUT2D eigenvalue weighted by Gasteiger charge is -2.14. The second-order valence-electron chi connectivity index (χ2n) is 6.61. The van der Waals surface area contributed by atoms with Crippen LogP contribution in [0.2, 0.25) is 0 Å². The lowest BCUT2D eigenvalue weighted by atomic mass is 10.0. The standard InChI is InChI=1S/C20H25NO3S/c1-14(2)18-9-11-19(12-10-18)25(23,24)16(4)20(22)21-13-17-7-5-15(3)6-8-17/h5-12,14,16H,13H2,1-4H3,(H,21,22). The van der Waals surface area contributed by atoms with Crippen LogP contribution in [0.15, 0.2) is 53.4 Å². The summed E-state index contributed by atoms with van der Waals surface area (Å²) in [6.45, 7) is 7.82. The fourth-order valence-corrected chi connectivity index (χ4v) is 3.72. The van der Waals surface area contributed by atoms with E-state index in [2.05, 4.69) is 5.32 Å². The van der Waals surface area contributed by atoms with Gasteiger partial charge < -0.3 is 5.32 Å². The minimum Gasteiger partial charge on any atom is -0.351 e. The van der Waals surface area contributed by atoms with Crippen molar-refractivity contribution >= 4 is 15.7 Å². The van der Waals surface area contributed by atoms with E-state index in [0.717, 1.165) is 16.7 Å². The fourth-order valence-electron chi connectivity index (χ4n) is 2.43. The summed E-state index contributed by atoms with van der Waals surface area (Å²) < 4.78 is 25.3. The van der Waals surface area contributed by atoms with E-state index in [9.17, 15) is 13.2 Å². The lowest BCUT2D eigenvalue weighted by Crippen LogP contribution is -2.37. The van der Waals surface area contributed by atoms with E-state index in [1.54, 1.807) is 24.3 Å². The van der Waals surface area contributed by atoms with Crippen LogP contribution in [0.25, 0.3) is 0 Å². The number of benzene rings is 2. The van der Waals surface area contributed by atoms with Crippen LogP contribution in [0, 0.1) is 6.92 Å². The van der Waals surface area contributed by atoms with Gasteiger partial charge in [-0.1, -0.05) is 55.8 Å². The molecule has 0 radical (unpaired) electrons. The third-order valence-electron chi connectivity index (χ3n) is 4.30. The number of sulfone groups is 1. The Morgan fingerprint density at radius 1 is 0.960 bits per heavy atom. The largest absolute Gasteiger partial charge is 0.351 e. The van der Waals surface area contributed by atoms with Gasteiger partial charge in [0.05, 0.1) is 4.90 Å². The van der Waals surface area contributed by atoms with Crippen molar-refractivity contribution in [3.05, 3.63) is 65.2 Å². The maximum absolute atomic E-state index is 12.6. The number of carbonyl (C=O) groups is 1. The van der Waals surface area contributed by atoms with Gasteiger partial charge >= 0.3 is 0 Å². The summed E-state index contributed by atoms with van der Waals surface area (Å²) in [5, 5.41) is 1.57. The van der Waals surface area contributed by atoms with Gasteiger partial charge in [-0.05, 0) is 43.0 Å². The molecule has 2 rings (SSSR count). The molecule has 134 valence electrons. The predicted molar refractivity (Wildman–Crippen MR) is 100 cm³/mol. The first kappa shape index (κ1) is 19.2. The number of carbonyl (C=O) groups excluding carboxylic acids is 1. The highest BCUT2D eigenvalue weighted by Gasteiger charge is 2.29. The molecule has 0 fully saturated rings. The molecule has 1 N–H and O–H groups in total. The van der Waals surface area contributed by atoms with Gasteiger partial charge in [0.15, 0.2) is 9.84 Å². The van der Waals surface area contributed by atoms with E-state index in [4.69, 9.17) is 0 Å². The number of hydrogen-bond acceptors (Lipinski definition) is 3. The van der Waals surface area contributed by atoms with Crippen LogP contribution in [0.1, 0.15) is 43.4 Å². The van der Waals surface area contributed by atoms with E-state index in [1.807, 2.05) is 45.0 Å². The molecule has 1 amide bonds. The Labute approximate surface area is 150 Å². The molecule has 0 aromatic heterocycles. The predicted octanol–water partition coefficient (Wildman–Crippen LogP) is 3.60. The molecule has 0 aliphatic heterocycles. The van der Waals surface area contributed by atoms with E-state index in [-0.39, 0.29) is 4.90 Å². The molecule has 0 saturated heterocycles. The third-order valence-corrected chi connectivity index (χ3v) is 6.37. The molecule has 1 unspecified atom stereocenters. The molecular weight excluding hydrogens is 334 g/mol. The highest BCUT2D eigenvalue weighted by atomic mass is 32.2. The average molecular weight is 359 g/mol. The Bertz CT molecular complexity index is 822. The number of amides is 1. The minimum atomic E-state index is -3.70. The summed E-state index contributed by atoms with van der Waals surface area (Å²) in [7, 11) is -3.70. The molecule has 5 heteroatoms. The zero-order chi connectivity index (χ0) is 18.6.